The van der Waals surface area contributed by atoms with Crippen LogP contribution in [-0.4, -0.2) is 18.6 Å². The van der Waals surface area contributed by atoms with Gasteiger partial charge in [-0.2, -0.15) is 0 Å². The molecule has 3 N–H and O–H groups in total. The summed E-state index contributed by atoms with van der Waals surface area (Å²) in [4.78, 5) is 0. The molecule has 1 fully saturated rings. The molecule has 0 radical (unpaired) electrons. The molecule has 2 heteroatoms. The number of hydrogen-bond donors (Lipinski definition) is 2. The minimum atomic E-state index is 0.0177. The zero-order chi connectivity index (χ0) is 10.7. The van der Waals surface area contributed by atoms with Gasteiger partial charge in [0.25, 0.3) is 0 Å². The maximum absolute atomic E-state index is 6.23. The fraction of sp³-hybridized carbons (Fsp3) is 1.00. The number of rotatable bonds is 7. The molecular weight excluding hydrogens is 172 g/mol. The second-order valence-corrected chi connectivity index (χ2v) is 5.03. The van der Waals surface area contributed by atoms with E-state index in [9.17, 15) is 0 Å². The lowest BCUT2D eigenvalue weighted by atomic mass is 9.93. The van der Waals surface area contributed by atoms with Gasteiger partial charge in [-0.3, -0.25) is 0 Å². The molecule has 84 valence electrons. The second-order valence-electron chi connectivity index (χ2n) is 5.03. The Morgan fingerprint density at radius 1 is 1.21 bits per heavy atom. The van der Waals surface area contributed by atoms with E-state index in [1.54, 1.807) is 0 Å². The molecule has 14 heavy (non-hydrogen) atoms. The third-order valence-electron chi connectivity index (χ3n) is 4.09. The summed E-state index contributed by atoms with van der Waals surface area (Å²) < 4.78 is 0. The Bertz CT molecular complexity index is 169. The molecule has 0 aromatic rings. The van der Waals surface area contributed by atoms with E-state index in [0.29, 0.717) is 5.41 Å². The van der Waals surface area contributed by atoms with E-state index in [1.807, 2.05) is 0 Å². The summed E-state index contributed by atoms with van der Waals surface area (Å²) in [6, 6.07) is 0. The van der Waals surface area contributed by atoms with Gasteiger partial charge in [0, 0.05) is 18.6 Å². The second kappa shape index (κ2) is 4.63. The summed E-state index contributed by atoms with van der Waals surface area (Å²) in [5, 5.41) is 3.56. The lowest BCUT2D eigenvalue weighted by molar-refractivity contribution is 0.343. The Balaban J connectivity index is 2.20. The molecule has 0 amide bonds. The Kier molecular flexibility index (Phi) is 3.96. The molecule has 0 saturated heterocycles. The molecular formula is C12H26N2. The van der Waals surface area contributed by atoms with Gasteiger partial charge in [-0.25, -0.2) is 0 Å². The van der Waals surface area contributed by atoms with Crippen LogP contribution < -0.4 is 11.1 Å². The molecule has 0 aromatic heterocycles. The largest absolute Gasteiger partial charge is 0.324 e. The van der Waals surface area contributed by atoms with E-state index >= 15 is 0 Å². The van der Waals surface area contributed by atoms with Crippen LogP contribution in [0.15, 0.2) is 0 Å². The Labute approximate surface area is 88.6 Å². The average molecular weight is 198 g/mol. The quantitative estimate of drug-likeness (QED) is 0.658. The zero-order valence-corrected chi connectivity index (χ0v) is 10.0. The minimum absolute atomic E-state index is 0.0177. The number of hydrogen-bond acceptors (Lipinski definition) is 2. The van der Waals surface area contributed by atoms with Crippen LogP contribution in [0.1, 0.15) is 52.9 Å². The molecule has 0 spiro atoms. The van der Waals surface area contributed by atoms with Crippen molar-refractivity contribution in [1.29, 1.82) is 0 Å². The van der Waals surface area contributed by atoms with Gasteiger partial charge < -0.3 is 11.1 Å². The molecule has 1 rings (SSSR count). The average Bonchev–Trinajstić information content (AvgIpc) is 2.98. The van der Waals surface area contributed by atoms with Gasteiger partial charge in [0.05, 0.1) is 0 Å². The molecule has 0 aliphatic heterocycles. The zero-order valence-electron chi connectivity index (χ0n) is 10.0. The summed E-state index contributed by atoms with van der Waals surface area (Å²) in [6.07, 6.45) is 6.26. The SMILES string of the molecule is CCC(N)(CC)CNCC1(CC)CC1. The molecule has 0 heterocycles. The van der Waals surface area contributed by atoms with Crippen LogP contribution in [0.3, 0.4) is 0 Å². The fourth-order valence-electron chi connectivity index (χ4n) is 1.91. The molecule has 0 unspecified atom stereocenters. The van der Waals surface area contributed by atoms with Crippen LogP contribution in [0.4, 0.5) is 0 Å². The Hall–Kier alpha value is -0.0800. The summed E-state index contributed by atoms with van der Waals surface area (Å²) >= 11 is 0. The van der Waals surface area contributed by atoms with Crippen LogP contribution in [0, 0.1) is 5.41 Å². The highest BCUT2D eigenvalue weighted by Gasteiger charge is 2.40. The van der Waals surface area contributed by atoms with Crippen LogP contribution in [0.25, 0.3) is 0 Å². The third-order valence-corrected chi connectivity index (χ3v) is 4.09. The highest BCUT2D eigenvalue weighted by Crippen LogP contribution is 2.47. The van der Waals surface area contributed by atoms with Crippen LogP contribution in [0.2, 0.25) is 0 Å². The van der Waals surface area contributed by atoms with Crippen molar-refractivity contribution in [2.24, 2.45) is 11.1 Å². The molecule has 0 bridgehead atoms. The molecule has 1 aliphatic carbocycles. The predicted molar refractivity (Wildman–Crippen MR) is 62.3 cm³/mol. The van der Waals surface area contributed by atoms with E-state index in [4.69, 9.17) is 5.73 Å². The van der Waals surface area contributed by atoms with Gasteiger partial charge in [-0.15, -0.1) is 0 Å². The van der Waals surface area contributed by atoms with Crippen molar-refractivity contribution in [2.45, 2.75) is 58.4 Å². The Morgan fingerprint density at radius 2 is 1.79 bits per heavy atom. The normalized spacial score (nSPS) is 19.7. The van der Waals surface area contributed by atoms with E-state index in [-0.39, 0.29) is 5.54 Å². The smallest absolute Gasteiger partial charge is 0.0275 e. The highest BCUT2D eigenvalue weighted by molar-refractivity contribution is 4.94. The van der Waals surface area contributed by atoms with E-state index in [0.717, 1.165) is 19.4 Å². The lowest BCUT2D eigenvalue weighted by Crippen LogP contribution is -2.48. The summed E-state index contributed by atoms with van der Waals surface area (Å²) in [7, 11) is 0. The van der Waals surface area contributed by atoms with Crippen molar-refractivity contribution in [2.75, 3.05) is 13.1 Å². The molecule has 1 saturated carbocycles. The third kappa shape index (κ3) is 2.96. The fourth-order valence-corrected chi connectivity index (χ4v) is 1.91. The van der Waals surface area contributed by atoms with Gasteiger partial charge in [0.2, 0.25) is 0 Å². The number of nitrogens with two attached hydrogens (primary N) is 1. The lowest BCUT2D eigenvalue weighted by Gasteiger charge is -2.28. The summed E-state index contributed by atoms with van der Waals surface area (Å²) in [5.74, 6) is 0. The van der Waals surface area contributed by atoms with Gasteiger partial charge in [-0.05, 0) is 37.5 Å². The minimum Gasteiger partial charge on any atom is -0.324 e. The first-order valence-corrected chi connectivity index (χ1v) is 6.09. The molecule has 0 aromatic carbocycles. The first kappa shape index (κ1) is 12.0. The van der Waals surface area contributed by atoms with Crippen molar-refractivity contribution in [3.8, 4) is 0 Å². The van der Waals surface area contributed by atoms with E-state index in [1.165, 1.54) is 25.8 Å². The first-order chi connectivity index (χ1) is 6.60. The maximum atomic E-state index is 6.23. The van der Waals surface area contributed by atoms with Gasteiger partial charge in [0.15, 0.2) is 0 Å². The summed E-state index contributed by atoms with van der Waals surface area (Å²) in [6.45, 7) is 8.80. The molecule has 1 aliphatic rings. The van der Waals surface area contributed by atoms with Crippen molar-refractivity contribution in [1.82, 2.24) is 5.32 Å². The Morgan fingerprint density at radius 3 is 2.14 bits per heavy atom. The van der Waals surface area contributed by atoms with Crippen LogP contribution in [0.5, 0.6) is 0 Å². The highest BCUT2D eigenvalue weighted by atomic mass is 14.9. The van der Waals surface area contributed by atoms with E-state index in [2.05, 4.69) is 26.1 Å². The van der Waals surface area contributed by atoms with Crippen LogP contribution >= 0.6 is 0 Å². The number of nitrogens with one attached hydrogen (secondary N) is 1. The van der Waals surface area contributed by atoms with Crippen molar-refractivity contribution < 1.29 is 0 Å². The molecule has 2 nitrogen and oxygen atoms in total. The summed E-state index contributed by atoms with van der Waals surface area (Å²) in [5.41, 5.74) is 6.88. The van der Waals surface area contributed by atoms with Crippen molar-refractivity contribution in [3.05, 3.63) is 0 Å². The van der Waals surface area contributed by atoms with Crippen molar-refractivity contribution in [3.63, 3.8) is 0 Å². The maximum Gasteiger partial charge on any atom is 0.0275 e. The molecule has 0 atom stereocenters. The van der Waals surface area contributed by atoms with Crippen molar-refractivity contribution >= 4 is 0 Å². The van der Waals surface area contributed by atoms with Gasteiger partial charge in [-0.1, -0.05) is 20.8 Å². The standard InChI is InChI=1S/C12H26N2/c1-4-11(7-8-11)9-14-10-12(13,5-2)6-3/h14H,4-10,13H2,1-3H3. The topological polar surface area (TPSA) is 38.0 Å². The van der Waals surface area contributed by atoms with Gasteiger partial charge >= 0.3 is 0 Å². The monoisotopic (exact) mass is 198 g/mol. The van der Waals surface area contributed by atoms with Gasteiger partial charge in [0.1, 0.15) is 0 Å². The van der Waals surface area contributed by atoms with E-state index < -0.39 is 0 Å². The van der Waals surface area contributed by atoms with Crippen LogP contribution in [-0.2, 0) is 0 Å². The first-order valence-electron chi connectivity index (χ1n) is 6.09. The predicted octanol–water partition coefficient (Wildman–Crippen LogP) is 2.28.